The number of nitrogens with zero attached hydrogens (tertiary/aromatic N) is 1. The van der Waals surface area contributed by atoms with Crippen molar-refractivity contribution in [2.75, 3.05) is 12.4 Å². The van der Waals surface area contributed by atoms with Gasteiger partial charge in [-0.25, -0.2) is 4.39 Å². The zero-order valence-electron chi connectivity index (χ0n) is 17.9. The van der Waals surface area contributed by atoms with E-state index < -0.39 is 5.91 Å². The number of halogens is 1. The Morgan fingerprint density at radius 1 is 1.12 bits per heavy atom. The summed E-state index contributed by atoms with van der Waals surface area (Å²) in [4.78, 5) is 12.8. The highest BCUT2D eigenvalue weighted by Crippen LogP contribution is 2.28. The molecule has 0 aromatic heterocycles. The normalized spacial score (nSPS) is 10.9. The maximum Gasteiger partial charge on any atom is 0.266 e. The maximum atomic E-state index is 13.1. The molecule has 0 radical (unpaired) electrons. The van der Waals surface area contributed by atoms with Gasteiger partial charge in [0.15, 0.2) is 0 Å². The Balaban J connectivity index is 1.86. The summed E-state index contributed by atoms with van der Waals surface area (Å²) in [5.74, 6) is 0.168. The van der Waals surface area contributed by atoms with Gasteiger partial charge in [0.2, 0.25) is 0 Å². The van der Waals surface area contributed by atoms with Crippen LogP contribution in [0.3, 0.4) is 0 Å². The Morgan fingerprint density at radius 3 is 2.56 bits per heavy atom. The highest BCUT2D eigenvalue weighted by Gasteiger charge is 2.13. The molecule has 0 unspecified atom stereocenters. The molecule has 1 amide bonds. The van der Waals surface area contributed by atoms with Gasteiger partial charge in [0.25, 0.3) is 5.91 Å². The molecule has 5 nitrogen and oxygen atoms in total. The van der Waals surface area contributed by atoms with Crippen LogP contribution in [0.5, 0.6) is 11.5 Å². The molecule has 0 spiro atoms. The summed E-state index contributed by atoms with van der Waals surface area (Å²) in [5, 5.41) is 12.4. The fourth-order valence-corrected chi connectivity index (χ4v) is 3.07. The van der Waals surface area contributed by atoms with Crippen molar-refractivity contribution in [2.24, 2.45) is 0 Å². The minimum atomic E-state index is -0.506. The number of carbonyl (C=O) groups excluding carboxylic acids is 1. The van der Waals surface area contributed by atoms with Gasteiger partial charge in [-0.05, 0) is 54.0 Å². The summed E-state index contributed by atoms with van der Waals surface area (Å²) in [6, 6.07) is 20.5. The van der Waals surface area contributed by atoms with E-state index in [0.717, 1.165) is 17.5 Å². The van der Waals surface area contributed by atoms with Gasteiger partial charge in [0.05, 0.1) is 7.11 Å². The monoisotopic (exact) mass is 430 g/mol. The van der Waals surface area contributed by atoms with Crippen molar-refractivity contribution in [3.05, 3.63) is 94.8 Å². The van der Waals surface area contributed by atoms with E-state index in [0.29, 0.717) is 22.7 Å². The van der Waals surface area contributed by atoms with Gasteiger partial charge >= 0.3 is 0 Å². The lowest BCUT2D eigenvalue weighted by Gasteiger charge is -2.12. The van der Waals surface area contributed by atoms with Crippen molar-refractivity contribution in [1.82, 2.24) is 0 Å². The maximum absolute atomic E-state index is 13.1. The van der Waals surface area contributed by atoms with Gasteiger partial charge in [0.1, 0.15) is 35.6 Å². The molecule has 3 rings (SSSR count). The molecular weight excluding hydrogens is 407 g/mol. The zero-order valence-corrected chi connectivity index (χ0v) is 17.9. The van der Waals surface area contributed by atoms with Crippen LogP contribution in [0.25, 0.3) is 6.08 Å². The minimum absolute atomic E-state index is 0.0623. The van der Waals surface area contributed by atoms with Crippen LogP contribution in [0, 0.1) is 17.1 Å². The summed E-state index contributed by atoms with van der Waals surface area (Å²) >= 11 is 0. The van der Waals surface area contributed by atoms with Gasteiger partial charge < -0.3 is 14.8 Å². The third kappa shape index (κ3) is 5.73. The van der Waals surface area contributed by atoms with E-state index in [1.54, 1.807) is 36.4 Å². The molecule has 3 aromatic rings. The van der Waals surface area contributed by atoms with E-state index in [9.17, 15) is 14.4 Å². The molecule has 3 aromatic carbocycles. The first-order chi connectivity index (χ1) is 15.5. The van der Waals surface area contributed by atoms with Gasteiger partial charge in [-0.15, -0.1) is 0 Å². The van der Waals surface area contributed by atoms with Crippen LogP contribution in [-0.2, 0) is 17.8 Å². The zero-order chi connectivity index (χ0) is 22.9. The number of nitrogens with one attached hydrogen (secondary N) is 1. The lowest BCUT2D eigenvalue weighted by Crippen LogP contribution is -2.14. The van der Waals surface area contributed by atoms with E-state index in [-0.39, 0.29) is 18.0 Å². The molecule has 0 fully saturated rings. The fraction of sp³-hybridized carbons (Fsp3) is 0.154. The largest absolute Gasteiger partial charge is 0.497 e. The van der Waals surface area contributed by atoms with Crippen molar-refractivity contribution >= 4 is 17.7 Å². The fourth-order valence-electron chi connectivity index (χ4n) is 3.07. The van der Waals surface area contributed by atoms with E-state index >= 15 is 0 Å². The van der Waals surface area contributed by atoms with Crippen LogP contribution in [-0.4, -0.2) is 13.0 Å². The summed E-state index contributed by atoms with van der Waals surface area (Å²) in [5.41, 5.74) is 2.91. The standard InChI is InChI=1S/C26H23FN2O3/c1-3-19-6-4-5-7-24(19)29-26(30)21(16-28)14-20-10-13-23(31-2)15-25(20)32-17-18-8-11-22(27)12-9-18/h4-15H,3,17H2,1-2H3,(H,29,30)/b21-14+. The first-order valence-corrected chi connectivity index (χ1v) is 10.1. The number of carbonyl (C=O) groups is 1. The molecule has 162 valence electrons. The Bertz CT molecular complexity index is 1160. The molecule has 0 bridgehead atoms. The average molecular weight is 430 g/mol. The Labute approximate surface area is 186 Å². The molecule has 0 aliphatic rings. The number of anilines is 1. The predicted octanol–water partition coefficient (Wildman–Crippen LogP) is 5.52. The van der Waals surface area contributed by atoms with Gasteiger partial charge in [0, 0.05) is 17.3 Å². The molecular formula is C26H23FN2O3. The van der Waals surface area contributed by atoms with E-state index in [1.807, 2.05) is 31.2 Å². The van der Waals surface area contributed by atoms with Crippen LogP contribution in [0.15, 0.2) is 72.3 Å². The quantitative estimate of drug-likeness (QED) is 0.377. The Kier molecular flexibility index (Phi) is 7.60. The summed E-state index contributed by atoms with van der Waals surface area (Å²) in [6.45, 7) is 2.18. The van der Waals surface area contributed by atoms with Crippen LogP contribution in [0.4, 0.5) is 10.1 Å². The Morgan fingerprint density at radius 2 is 1.88 bits per heavy atom. The highest BCUT2D eigenvalue weighted by molar-refractivity contribution is 6.10. The molecule has 1 N–H and O–H groups in total. The topological polar surface area (TPSA) is 71.4 Å². The predicted molar refractivity (Wildman–Crippen MR) is 122 cm³/mol. The van der Waals surface area contributed by atoms with Crippen molar-refractivity contribution in [1.29, 1.82) is 5.26 Å². The molecule has 0 aliphatic carbocycles. The van der Waals surface area contributed by atoms with E-state index in [1.165, 1.54) is 25.3 Å². The molecule has 0 atom stereocenters. The molecule has 6 heteroatoms. The van der Waals surface area contributed by atoms with Gasteiger partial charge in [-0.2, -0.15) is 5.26 Å². The Hall–Kier alpha value is -4.11. The lowest BCUT2D eigenvalue weighted by atomic mass is 10.1. The molecule has 0 aliphatic heterocycles. The third-order valence-electron chi connectivity index (χ3n) is 4.84. The molecule has 0 saturated heterocycles. The lowest BCUT2D eigenvalue weighted by molar-refractivity contribution is -0.112. The molecule has 0 heterocycles. The number of amides is 1. The number of benzene rings is 3. The van der Waals surface area contributed by atoms with Crippen molar-refractivity contribution in [3.63, 3.8) is 0 Å². The van der Waals surface area contributed by atoms with Crippen molar-refractivity contribution in [2.45, 2.75) is 20.0 Å². The average Bonchev–Trinajstić information content (AvgIpc) is 2.82. The van der Waals surface area contributed by atoms with Crippen molar-refractivity contribution < 1.29 is 18.7 Å². The first kappa shape index (κ1) is 22.6. The highest BCUT2D eigenvalue weighted by atomic mass is 19.1. The van der Waals surface area contributed by atoms with Crippen LogP contribution in [0.2, 0.25) is 0 Å². The second-order valence-electron chi connectivity index (χ2n) is 6.95. The number of ether oxygens (including phenoxy) is 2. The molecule has 32 heavy (non-hydrogen) atoms. The van der Waals surface area contributed by atoms with Crippen molar-refractivity contribution in [3.8, 4) is 17.6 Å². The minimum Gasteiger partial charge on any atom is -0.497 e. The van der Waals surface area contributed by atoms with Crippen LogP contribution >= 0.6 is 0 Å². The van der Waals surface area contributed by atoms with Crippen LogP contribution in [0.1, 0.15) is 23.6 Å². The van der Waals surface area contributed by atoms with E-state index in [2.05, 4.69) is 5.32 Å². The number of para-hydroxylation sites is 1. The SMILES string of the molecule is CCc1ccccc1NC(=O)/C(C#N)=C/c1ccc(OC)cc1OCc1ccc(F)cc1. The number of nitriles is 1. The number of rotatable bonds is 8. The molecule has 0 saturated carbocycles. The number of methoxy groups -OCH3 is 1. The van der Waals surface area contributed by atoms with E-state index in [4.69, 9.17) is 9.47 Å². The van der Waals surface area contributed by atoms with Gasteiger partial charge in [-0.1, -0.05) is 37.3 Å². The summed E-state index contributed by atoms with van der Waals surface area (Å²) < 4.78 is 24.3. The number of hydrogen-bond donors (Lipinski definition) is 1. The second kappa shape index (κ2) is 10.8. The smallest absolute Gasteiger partial charge is 0.266 e. The summed E-state index contributed by atoms with van der Waals surface area (Å²) in [6.07, 6.45) is 2.23. The first-order valence-electron chi connectivity index (χ1n) is 10.1. The number of aryl methyl sites for hydroxylation is 1. The third-order valence-corrected chi connectivity index (χ3v) is 4.84. The second-order valence-corrected chi connectivity index (χ2v) is 6.95. The van der Waals surface area contributed by atoms with Gasteiger partial charge in [-0.3, -0.25) is 4.79 Å². The number of hydrogen-bond acceptors (Lipinski definition) is 4. The summed E-state index contributed by atoms with van der Waals surface area (Å²) in [7, 11) is 1.54. The van der Waals surface area contributed by atoms with Crippen LogP contribution < -0.4 is 14.8 Å².